The van der Waals surface area contributed by atoms with Crippen molar-refractivity contribution in [1.29, 1.82) is 0 Å². The van der Waals surface area contributed by atoms with Gasteiger partial charge in [-0.1, -0.05) is 30.3 Å². The van der Waals surface area contributed by atoms with Gasteiger partial charge in [-0.2, -0.15) is 0 Å². The molecule has 1 saturated heterocycles. The van der Waals surface area contributed by atoms with Crippen molar-refractivity contribution in [2.75, 3.05) is 26.7 Å². The normalized spacial score (nSPS) is 19.1. The fourth-order valence-electron chi connectivity index (χ4n) is 2.61. The third kappa shape index (κ3) is 3.78. The van der Waals surface area contributed by atoms with Crippen LogP contribution in [0.5, 0.6) is 0 Å². The Balaban J connectivity index is 1.81. The zero-order valence-corrected chi connectivity index (χ0v) is 11.4. The first-order valence-corrected chi connectivity index (χ1v) is 6.87. The minimum atomic E-state index is -0.447. The molecule has 104 valence electrons. The number of benzene rings is 1. The first-order valence-electron chi connectivity index (χ1n) is 6.87. The standard InChI is InChI=1S/C15H22N2O2/c1-16-15(19)13-7-9-17(10-8-13)11-14(18)12-5-3-2-4-6-12/h2-6,13-14,18H,7-11H2,1H3,(H,16,19)/t14-/m0/s1. The Morgan fingerprint density at radius 3 is 2.58 bits per heavy atom. The number of rotatable bonds is 4. The summed E-state index contributed by atoms with van der Waals surface area (Å²) >= 11 is 0. The van der Waals surface area contributed by atoms with Crippen molar-refractivity contribution in [2.45, 2.75) is 18.9 Å². The summed E-state index contributed by atoms with van der Waals surface area (Å²) in [5, 5.41) is 12.9. The summed E-state index contributed by atoms with van der Waals surface area (Å²) in [5.41, 5.74) is 0.955. The Hall–Kier alpha value is -1.39. The van der Waals surface area contributed by atoms with Crippen LogP contribution in [0, 0.1) is 5.92 Å². The van der Waals surface area contributed by atoms with Crippen LogP contribution in [0.25, 0.3) is 0 Å². The Labute approximate surface area is 114 Å². The van der Waals surface area contributed by atoms with Crippen LogP contribution < -0.4 is 5.32 Å². The SMILES string of the molecule is CNC(=O)C1CCN(C[C@H](O)c2ccccc2)CC1. The predicted molar refractivity (Wildman–Crippen MR) is 74.6 cm³/mol. The Morgan fingerprint density at radius 1 is 1.37 bits per heavy atom. The number of β-amino-alcohol motifs (C(OH)–C–C–N with tert-alkyl or cyclic N) is 1. The van der Waals surface area contributed by atoms with E-state index in [1.165, 1.54) is 0 Å². The lowest BCUT2D eigenvalue weighted by Crippen LogP contribution is -2.41. The van der Waals surface area contributed by atoms with Crippen molar-refractivity contribution in [3.63, 3.8) is 0 Å². The molecule has 1 aliphatic rings. The maximum absolute atomic E-state index is 11.5. The van der Waals surface area contributed by atoms with E-state index in [4.69, 9.17) is 0 Å². The number of carbonyl (C=O) groups is 1. The van der Waals surface area contributed by atoms with E-state index in [1.807, 2.05) is 30.3 Å². The van der Waals surface area contributed by atoms with E-state index in [0.29, 0.717) is 6.54 Å². The van der Waals surface area contributed by atoms with Gasteiger partial charge in [-0.3, -0.25) is 4.79 Å². The van der Waals surface area contributed by atoms with Crippen molar-refractivity contribution in [3.05, 3.63) is 35.9 Å². The Kier molecular flexibility index (Phi) is 4.93. The maximum atomic E-state index is 11.5. The van der Waals surface area contributed by atoms with Gasteiger partial charge in [-0.15, -0.1) is 0 Å². The number of likely N-dealkylation sites (tertiary alicyclic amines) is 1. The second kappa shape index (κ2) is 6.68. The van der Waals surface area contributed by atoms with Crippen LogP contribution in [0.4, 0.5) is 0 Å². The topological polar surface area (TPSA) is 52.6 Å². The predicted octanol–water partition coefficient (Wildman–Crippen LogP) is 1.18. The number of carbonyl (C=O) groups excluding carboxylic acids is 1. The van der Waals surface area contributed by atoms with Crippen LogP contribution in [-0.4, -0.2) is 42.6 Å². The highest BCUT2D eigenvalue weighted by Gasteiger charge is 2.25. The van der Waals surface area contributed by atoms with E-state index in [-0.39, 0.29) is 11.8 Å². The van der Waals surface area contributed by atoms with E-state index >= 15 is 0 Å². The highest BCUT2D eigenvalue weighted by molar-refractivity contribution is 5.78. The van der Waals surface area contributed by atoms with E-state index in [9.17, 15) is 9.90 Å². The summed E-state index contributed by atoms with van der Waals surface area (Å²) in [6.07, 6.45) is 1.31. The molecule has 0 spiro atoms. The van der Waals surface area contributed by atoms with Gasteiger partial charge >= 0.3 is 0 Å². The molecule has 1 aliphatic heterocycles. The van der Waals surface area contributed by atoms with Gasteiger partial charge in [0.25, 0.3) is 0 Å². The van der Waals surface area contributed by atoms with Gasteiger partial charge in [-0.25, -0.2) is 0 Å². The zero-order valence-electron chi connectivity index (χ0n) is 11.4. The molecule has 19 heavy (non-hydrogen) atoms. The van der Waals surface area contributed by atoms with E-state index < -0.39 is 6.10 Å². The smallest absolute Gasteiger partial charge is 0.222 e. The van der Waals surface area contributed by atoms with Crippen LogP contribution in [0.15, 0.2) is 30.3 Å². The molecule has 0 radical (unpaired) electrons. The molecule has 1 atom stereocenters. The van der Waals surface area contributed by atoms with Gasteiger partial charge in [0.2, 0.25) is 5.91 Å². The molecular formula is C15H22N2O2. The summed E-state index contributed by atoms with van der Waals surface area (Å²) in [7, 11) is 1.69. The van der Waals surface area contributed by atoms with Gasteiger partial charge in [0, 0.05) is 19.5 Å². The van der Waals surface area contributed by atoms with E-state index in [2.05, 4.69) is 10.2 Å². The third-order valence-electron chi connectivity index (χ3n) is 3.82. The quantitative estimate of drug-likeness (QED) is 0.856. The molecule has 1 amide bonds. The van der Waals surface area contributed by atoms with Crippen molar-refractivity contribution < 1.29 is 9.90 Å². The molecule has 1 fully saturated rings. The van der Waals surface area contributed by atoms with Gasteiger partial charge < -0.3 is 15.3 Å². The molecule has 1 aromatic carbocycles. The average molecular weight is 262 g/mol. The van der Waals surface area contributed by atoms with Crippen LogP contribution in [0.3, 0.4) is 0 Å². The van der Waals surface area contributed by atoms with Crippen molar-refractivity contribution in [2.24, 2.45) is 5.92 Å². The van der Waals surface area contributed by atoms with Crippen LogP contribution in [0.2, 0.25) is 0 Å². The molecule has 0 saturated carbocycles. The summed E-state index contributed by atoms with van der Waals surface area (Å²) in [5.74, 6) is 0.276. The second-order valence-corrected chi connectivity index (χ2v) is 5.12. The molecular weight excluding hydrogens is 240 g/mol. The minimum absolute atomic E-state index is 0.134. The van der Waals surface area contributed by atoms with Crippen LogP contribution >= 0.6 is 0 Å². The summed E-state index contributed by atoms with van der Waals surface area (Å²) in [4.78, 5) is 13.8. The number of nitrogens with one attached hydrogen (secondary N) is 1. The number of piperidine rings is 1. The minimum Gasteiger partial charge on any atom is -0.387 e. The number of hydrogen-bond donors (Lipinski definition) is 2. The molecule has 4 heteroatoms. The highest BCUT2D eigenvalue weighted by atomic mass is 16.3. The lowest BCUT2D eigenvalue weighted by Gasteiger charge is -2.32. The first-order chi connectivity index (χ1) is 9.20. The van der Waals surface area contributed by atoms with Crippen LogP contribution in [-0.2, 0) is 4.79 Å². The Bertz CT molecular complexity index is 400. The molecule has 2 rings (SSSR count). The van der Waals surface area contributed by atoms with Gasteiger partial charge in [-0.05, 0) is 31.5 Å². The molecule has 0 unspecified atom stereocenters. The zero-order chi connectivity index (χ0) is 13.7. The summed E-state index contributed by atoms with van der Waals surface area (Å²) in [6, 6.07) is 9.72. The lowest BCUT2D eigenvalue weighted by atomic mass is 9.95. The second-order valence-electron chi connectivity index (χ2n) is 5.12. The molecule has 0 aromatic heterocycles. The van der Waals surface area contributed by atoms with Gasteiger partial charge in [0.05, 0.1) is 6.10 Å². The molecule has 2 N–H and O–H groups in total. The number of amides is 1. The Morgan fingerprint density at radius 2 is 2.00 bits per heavy atom. The largest absolute Gasteiger partial charge is 0.387 e. The monoisotopic (exact) mass is 262 g/mol. The van der Waals surface area contributed by atoms with Gasteiger partial charge in [0.1, 0.15) is 0 Å². The summed E-state index contributed by atoms with van der Waals surface area (Å²) < 4.78 is 0. The maximum Gasteiger partial charge on any atom is 0.222 e. The lowest BCUT2D eigenvalue weighted by molar-refractivity contribution is -0.126. The molecule has 0 aliphatic carbocycles. The van der Waals surface area contributed by atoms with E-state index in [1.54, 1.807) is 7.05 Å². The van der Waals surface area contributed by atoms with Gasteiger partial charge in [0.15, 0.2) is 0 Å². The fourth-order valence-corrected chi connectivity index (χ4v) is 2.61. The molecule has 4 nitrogen and oxygen atoms in total. The molecule has 1 aromatic rings. The number of aliphatic hydroxyl groups excluding tert-OH is 1. The molecule has 1 heterocycles. The van der Waals surface area contributed by atoms with Crippen LogP contribution in [0.1, 0.15) is 24.5 Å². The van der Waals surface area contributed by atoms with Crippen molar-refractivity contribution in [3.8, 4) is 0 Å². The highest BCUT2D eigenvalue weighted by Crippen LogP contribution is 2.20. The average Bonchev–Trinajstić information content (AvgIpc) is 2.48. The first kappa shape index (κ1) is 14.0. The fraction of sp³-hybridized carbons (Fsp3) is 0.533. The third-order valence-corrected chi connectivity index (χ3v) is 3.82. The van der Waals surface area contributed by atoms with Crippen molar-refractivity contribution >= 4 is 5.91 Å². The number of aliphatic hydroxyl groups is 1. The van der Waals surface area contributed by atoms with E-state index in [0.717, 1.165) is 31.5 Å². The number of hydrogen-bond acceptors (Lipinski definition) is 3. The molecule has 0 bridgehead atoms. The number of nitrogens with zero attached hydrogens (tertiary/aromatic N) is 1. The van der Waals surface area contributed by atoms with Crippen molar-refractivity contribution in [1.82, 2.24) is 10.2 Å². The summed E-state index contributed by atoms with van der Waals surface area (Å²) in [6.45, 7) is 2.40.